The summed E-state index contributed by atoms with van der Waals surface area (Å²) in [5, 5.41) is 12.9. The average molecular weight is 217 g/mol. The van der Waals surface area contributed by atoms with E-state index >= 15 is 0 Å². The third-order valence-electron chi connectivity index (χ3n) is 2.61. The molecule has 2 N–H and O–H groups in total. The van der Waals surface area contributed by atoms with Crippen molar-refractivity contribution in [2.75, 3.05) is 19.8 Å². The molecule has 1 rings (SSSR count). The molecule has 1 heterocycles. The summed E-state index contributed by atoms with van der Waals surface area (Å²) in [6, 6.07) is 0.374. The molecular formula is C11H23NO3. The van der Waals surface area contributed by atoms with E-state index in [1.165, 1.54) is 0 Å². The van der Waals surface area contributed by atoms with Crippen molar-refractivity contribution in [3.63, 3.8) is 0 Å². The maximum absolute atomic E-state index is 9.62. The molecule has 0 amide bonds. The molecule has 0 aliphatic carbocycles. The van der Waals surface area contributed by atoms with Crippen LogP contribution in [0.4, 0.5) is 0 Å². The highest BCUT2D eigenvalue weighted by molar-refractivity contribution is 4.79. The largest absolute Gasteiger partial charge is 0.389 e. The molecule has 0 bridgehead atoms. The molecule has 1 saturated heterocycles. The van der Waals surface area contributed by atoms with Gasteiger partial charge in [0, 0.05) is 19.2 Å². The molecule has 4 nitrogen and oxygen atoms in total. The van der Waals surface area contributed by atoms with Crippen molar-refractivity contribution in [2.45, 2.75) is 51.5 Å². The summed E-state index contributed by atoms with van der Waals surface area (Å²) in [6.07, 6.45) is 1.02. The van der Waals surface area contributed by atoms with E-state index in [9.17, 15) is 5.11 Å². The molecule has 0 saturated carbocycles. The summed E-state index contributed by atoms with van der Waals surface area (Å²) in [6.45, 7) is 7.77. The minimum Gasteiger partial charge on any atom is -0.389 e. The van der Waals surface area contributed by atoms with Crippen molar-refractivity contribution in [1.29, 1.82) is 0 Å². The van der Waals surface area contributed by atoms with Gasteiger partial charge in [-0.2, -0.15) is 0 Å². The van der Waals surface area contributed by atoms with Crippen LogP contribution < -0.4 is 5.32 Å². The van der Waals surface area contributed by atoms with Gasteiger partial charge in [-0.15, -0.1) is 0 Å². The molecule has 90 valence electrons. The summed E-state index contributed by atoms with van der Waals surface area (Å²) in [4.78, 5) is 0. The van der Waals surface area contributed by atoms with Crippen LogP contribution in [-0.4, -0.2) is 49.2 Å². The highest BCUT2D eigenvalue weighted by Crippen LogP contribution is 2.12. The van der Waals surface area contributed by atoms with Crippen molar-refractivity contribution in [2.24, 2.45) is 0 Å². The summed E-state index contributed by atoms with van der Waals surface area (Å²) in [7, 11) is 0. The minimum atomic E-state index is -0.430. The Morgan fingerprint density at radius 1 is 1.53 bits per heavy atom. The van der Waals surface area contributed by atoms with Crippen molar-refractivity contribution < 1.29 is 14.6 Å². The number of aliphatic hydroxyl groups excluding tert-OH is 1. The van der Waals surface area contributed by atoms with Crippen LogP contribution in [0.2, 0.25) is 0 Å². The van der Waals surface area contributed by atoms with E-state index in [-0.39, 0.29) is 12.2 Å². The average Bonchev–Trinajstić information content (AvgIpc) is 2.58. The van der Waals surface area contributed by atoms with Gasteiger partial charge in [0.2, 0.25) is 0 Å². The zero-order valence-corrected chi connectivity index (χ0v) is 9.90. The van der Waals surface area contributed by atoms with Crippen molar-refractivity contribution >= 4 is 0 Å². The van der Waals surface area contributed by atoms with Gasteiger partial charge in [0.15, 0.2) is 0 Å². The van der Waals surface area contributed by atoms with Crippen LogP contribution in [0.3, 0.4) is 0 Å². The third-order valence-corrected chi connectivity index (χ3v) is 2.61. The predicted molar refractivity (Wildman–Crippen MR) is 58.9 cm³/mol. The molecule has 1 aliphatic heterocycles. The van der Waals surface area contributed by atoms with Crippen molar-refractivity contribution in [3.05, 3.63) is 0 Å². The minimum absolute atomic E-state index is 0.174. The second-order valence-corrected chi connectivity index (χ2v) is 4.42. The molecule has 1 fully saturated rings. The Bertz CT molecular complexity index is 175. The third kappa shape index (κ3) is 4.93. The van der Waals surface area contributed by atoms with Gasteiger partial charge in [-0.3, -0.25) is 0 Å². The quantitative estimate of drug-likeness (QED) is 0.682. The Hall–Kier alpha value is -0.160. The molecule has 0 radical (unpaired) electrons. The van der Waals surface area contributed by atoms with Crippen LogP contribution in [0, 0.1) is 0 Å². The molecule has 0 spiro atoms. The van der Waals surface area contributed by atoms with E-state index in [1.807, 2.05) is 13.8 Å². The summed E-state index contributed by atoms with van der Waals surface area (Å²) < 4.78 is 10.7. The lowest BCUT2D eigenvalue weighted by Gasteiger charge is -2.19. The van der Waals surface area contributed by atoms with Crippen molar-refractivity contribution in [3.8, 4) is 0 Å². The molecule has 15 heavy (non-hydrogen) atoms. The van der Waals surface area contributed by atoms with Crippen molar-refractivity contribution in [1.82, 2.24) is 5.32 Å². The van der Waals surface area contributed by atoms with Gasteiger partial charge in [-0.05, 0) is 27.2 Å². The summed E-state index contributed by atoms with van der Waals surface area (Å²) >= 11 is 0. The van der Waals surface area contributed by atoms with Crippen LogP contribution in [0.5, 0.6) is 0 Å². The number of nitrogens with one attached hydrogen (secondary N) is 1. The first-order chi connectivity index (χ1) is 7.09. The van der Waals surface area contributed by atoms with E-state index < -0.39 is 6.10 Å². The first kappa shape index (κ1) is 12.9. The first-order valence-electron chi connectivity index (χ1n) is 5.74. The van der Waals surface area contributed by atoms with E-state index in [2.05, 4.69) is 12.2 Å². The van der Waals surface area contributed by atoms with Crippen LogP contribution in [0.15, 0.2) is 0 Å². The molecule has 1 aliphatic rings. The van der Waals surface area contributed by atoms with Gasteiger partial charge in [0.25, 0.3) is 0 Å². The molecule has 4 heteroatoms. The fourth-order valence-corrected chi connectivity index (χ4v) is 1.65. The topological polar surface area (TPSA) is 50.7 Å². The molecule has 3 unspecified atom stereocenters. The summed E-state index contributed by atoms with van der Waals surface area (Å²) in [5.41, 5.74) is 0. The van der Waals surface area contributed by atoms with Gasteiger partial charge in [0.1, 0.15) is 0 Å². The Balaban J connectivity index is 2.08. The van der Waals surface area contributed by atoms with E-state index in [4.69, 9.17) is 9.47 Å². The van der Waals surface area contributed by atoms with E-state index in [0.717, 1.165) is 13.0 Å². The van der Waals surface area contributed by atoms with Gasteiger partial charge in [-0.1, -0.05) is 0 Å². The van der Waals surface area contributed by atoms with Crippen LogP contribution in [0.1, 0.15) is 27.2 Å². The van der Waals surface area contributed by atoms with Gasteiger partial charge < -0.3 is 19.9 Å². The number of aliphatic hydroxyl groups is 1. The zero-order chi connectivity index (χ0) is 11.3. The normalized spacial score (nSPS) is 28.6. The molecule has 0 aromatic rings. The molecule has 0 aromatic carbocycles. The molecule has 3 atom stereocenters. The second kappa shape index (κ2) is 6.43. The van der Waals surface area contributed by atoms with E-state index in [1.54, 1.807) is 0 Å². The number of hydrogen-bond acceptors (Lipinski definition) is 4. The standard InChI is InChI=1S/C11H23NO3/c1-8(2)15-7-10(13)6-12-11-4-5-14-9(11)3/h8-13H,4-7H2,1-3H3. The lowest BCUT2D eigenvalue weighted by molar-refractivity contribution is 0.00440. The number of ether oxygens (including phenoxy) is 2. The predicted octanol–water partition coefficient (Wildman–Crippen LogP) is 0.539. The maximum atomic E-state index is 9.62. The van der Waals surface area contributed by atoms with Gasteiger partial charge in [-0.25, -0.2) is 0 Å². The van der Waals surface area contributed by atoms with E-state index in [0.29, 0.717) is 19.2 Å². The maximum Gasteiger partial charge on any atom is 0.0897 e. The SMILES string of the molecule is CC(C)OCC(O)CNC1CCOC1C. The Morgan fingerprint density at radius 2 is 2.27 bits per heavy atom. The Kier molecular flexibility index (Phi) is 5.53. The van der Waals surface area contributed by atoms with Gasteiger partial charge >= 0.3 is 0 Å². The van der Waals surface area contributed by atoms with Gasteiger partial charge in [0.05, 0.1) is 24.9 Å². The number of hydrogen-bond donors (Lipinski definition) is 2. The first-order valence-corrected chi connectivity index (χ1v) is 5.74. The molecular weight excluding hydrogens is 194 g/mol. The summed E-state index contributed by atoms with van der Waals surface area (Å²) in [5.74, 6) is 0. The Morgan fingerprint density at radius 3 is 2.80 bits per heavy atom. The lowest BCUT2D eigenvalue weighted by Crippen LogP contribution is -2.41. The fourth-order valence-electron chi connectivity index (χ4n) is 1.65. The monoisotopic (exact) mass is 217 g/mol. The van der Waals surface area contributed by atoms with Crippen LogP contribution >= 0.6 is 0 Å². The highest BCUT2D eigenvalue weighted by atomic mass is 16.5. The smallest absolute Gasteiger partial charge is 0.0897 e. The second-order valence-electron chi connectivity index (χ2n) is 4.42. The van der Waals surface area contributed by atoms with Crippen LogP contribution in [-0.2, 0) is 9.47 Å². The fraction of sp³-hybridized carbons (Fsp3) is 1.00. The Labute approximate surface area is 92.0 Å². The lowest BCUT2D eigenvalue weighted by atomic mass is 10.1. The highest BCUT2D eigenvalue weighted by Gasteiger charge is 2.24. The molecule has 0 aromatic heterocycles. The van der Waals surface area contributed by atoms with Crippen LogP contribution in [0.25, 0.3) is 0 Å². The zero-order valence-electron chi connectivity index (χ0n) is 9.90. The number of rotatable bonds is 6.